The van der Waals surface area contributed by atoms with Crippen molar-refractivity contribution in [3.63, 3.8) is 0 Å². The maximum absolute atomic E-state index is 12.0. The summed E-state index contributed by atoms with van der Waals surface area (Å²) in [5.41, 5.74) is 1.46. The second-order valence-corrected chi connectivity index (χ2v) is 5.98. The second kappa shape index (κ2) is 4.67. The third-order valence-corrected chi connectivity index (χ3v) is 4.42. The fraction of sp³-hybridized carbons (Fsp3) is 0.250. The van der Waals surface area contributed by atoms with Gasteiger partial charge >= 0.3 is 0 Å². The van der Waals surface area contributed by atoms with E-state index in [4.69, 9.17) is 0 Å². The van der Waals surface area contributed by atoms with Crippen LogP contribution in [0.3, 0.4) is 0 Å². The molecule has 6 nitrogen and oxygen atoms in total. The van der Waals surface area contributed by atoms with Crippen molar-refractivity contribution in [1.29, 1.82) is 0 Å². The predicted octanol–water partition coefficient (Wildman–Crippen LogP) is 1.01. The molecule has 1 heterocycles. The molecule has 2 aromatic rings. The Morgan fingerprint density at radius 2 is 1.95 bits per heavy atom. The molecule has 0 amide bonds. The molecule has 0 saturated heterocycles. The monoisotopic (exact) mass is 281 g/mol. The van der Waals surface area contributed by atoms with E-state index in [1.165, 1.54) is 17.8 Å². The highest BCUT2D eigenvalue weighted by molar-refractivity contribution is 7.89. The average molecular weight is 281 g/mol. The number of hydrogen-bond donors (Lipinski definition) is 2. The number of rotatable bonds is 3. The first-order valence-corrected chi connectivity index (χ1v) is 7.12. The van der Waals surface area contributed by atoms with Crippen LogP contribution in [0.5, 0.6) is 5.88 Å². The summed E-state index contributed by atoms with van der Waals surface area (Å²) in [6.45, 7) is 1.69. The largest absolute Gasteiger partial charge is 0.493 e. The topological polar surface area (TPSA) is 84.2 Å². The maximum Gasteiger partial charge on any atom is 0.240 e. The van der Waals surface area contributed by atoms with E-state index in [0.29, 0.717) is 16.8 Å². The molecule has 0 saturated carbocycles. The third-order valence-electron chi connectivity index (χ3n) is 2.95. The molecule has 0 aliphatic heterocycles. The van der Waals surface area contributed by atoms with Gasteiger partial charge in [-0.15, -0.1) is 0 Å². The minimum atomic E-state index is -3.58. The van der Waals surface area contributed by atoms with Crippen LogP contribution in [-0.2, 0) is 17.1 Å². The normalized spacial score (nSPS) is 11.7. The molecular weight excluding hydrogens is 266 g/mol. The zero-order valence-electron chi connectivity index (χ0n) is 10.9. The lowest BCUT2D eigenvalue weighted by Gasteiger charge is -2.08. The Morgan fingerprint density at radius 3 is 2.47 bits per heavy atom. The van der Waals surface area contributed by atoms with Crippen LogP contribution < -0.4 is 4.72 Å². The highest BCUT2D eigenvalue weighted by Gasteiger charge is 2.21. The standard InChI is InChI=1S/C12H15N3O3S/c1-8-11(14-15(3)12(8)16)9-6-4-5-7-10(9)19(17,18)13-2/h4-7,13,16H,1-3H3. The summed E-state index contributed by atoms with van der Waals surface area (Å²) in [6.07, 6.45) is 0. The van der Waals surface area contributed by atoms with Crippen molar-refractivity contribution < 1.29 is 13.5 Å². The van der Waals surface area contributed by atoms with Crippen molar-refractivity contribution in [3.05, 3.63) is 29.8 Å². The summed E-state index contributed by atoms with van der Waals surface area (Å²) in [5, 5.41) is 13.9. The molecule has 2 rings (SSSR count). The van der Waals surface area contributed by atoms with E-state index in [2.05, 4.69) is 9.82 Å². The van der Waals surface area contributed by atoms with Gasteiger partial charge in [0.15, 0.2) is 0 Å². The Balaban J connectivity index is 2.74. The van der Waals surface area contributed by atoms with E-state index < -0.39 is 10.0 Å². The summed E-state index contributed by atoms with van der Waals surface area (Å²) in [7, 11) is -0.624. The molecule has 0 fully saturated rings. The van der Waals surface area contributed by atoms with Crippen molar-refractivity contribution in [2.24, 2.45) is 7.05 Å². The fourth-order valence-corrected chi connectivity index (χ4v) is 2.82. The number of aryl methyl sites for hydroxylation is 1. The number of aromatic nitrogens is 2. The lowest BCUT2D eigenvalue weighted by Crippen LogP contribution is -2.19. The highest BCUT2D eigenvalue weighted by Crippen LogP contribution is 2.32. The van der Waals surface area contributed by atoms with Crippen molar-refractivity contribution in [2.75, 3.05) is 7.05 Å². The lowest BCUT2D eigenvalue weighted by molar-refractivity contribution is 0.416. The number of nitrogens with one attached hydrogen (secondary N) is 1. The molecule has 0 unspecified atom stereocenters. The Bertz CT molecular complexity index is 720. The zero-order valence-corrected chi connectivity index (χ0v) is 11.7. The van der Waals surface area contributed by atoms with Gasteiger partial charge in [0.25, 0.3) is 0 Å². The van der Waals surface area contributed by atoms with Gasteiger partial charge in [-0.1, -0.05) is 18.2 Å². The Labute approximate surface area is 111 Å². The second-order valence-electron chi connectivity index (χ2n) is 4.12. The molecular formula is C12H15N3O3S. The minimum Gasteiger partial charge on any atom is -0.493 e. The lowest BCUT2D eigenvalue weighted by atomic mass is 10.1. The van der Waals surface area contributed by atoms with Gasteiger partial charge < -0.3 is 5.11 Å². The van der Waals surface area contributed by atoms with E-state index in [1.807, 2.05) is 0 Å². The molecule has 102 valence electrons. The number of benzene rings is 1. The Hall–Kier alpha value is -1.86. The van der Waals surface area contributed by atoms with E-state index in [1.54, 1.807) is 32.2 Å². The molecule has 1 aromatic heterocycles. The van der Waals surface area contributed by atoms with E-state index in [0.717, 1.165) is 0 Å². The summed E-state index contributed by atoms with van der Waals surface area (Å²) in [4.78, 5) is 0.138. The van der Waals surface area contributed by atoms with Crippen LogP contribution in [0.1, 0.15) is 5.56 Å². The quantitative estimate of drug-likeness (QED) is 0.879. The number of hydrogen-bond acceptors (Lipinski definition) is 4. The van der Waals surface area contributed by atoms with Crippen LogP contribution in [-0.4, -0.2) is 30.4 Å². The predicted molar refractivity (Wildman–Crippen MR) is 71.3 cm³/mol. The van der Waals surface area contributed by atoms with E-state index >= 15 is 0 Å². The zero-order chi connectivity index (χ0) is 14.2. The minimum absolute atomic E-state index is 0.0201. The highest BCUT2D eigenvalue weighted by atomic mass is 32.2. The van der Waals surface area contributed by atoms with Crippen LogP contribution in [0.4, 0.5) is 0 Å². The maximum atomic E-state index is 12.0. The van der Waals surface area contributed by atoms with Crippen LogP contribution in [0.25, 0.3) is 11.3 Å². The molecule has 0 aliphatic rings. The Kier molecular flexibility index (Phi) is 3.34. The van der Waals surface area contributed by atoms with Gasteiger partial charge in [0.2, 0.25) is 15.9 Å². The fourth-order valence-electron chi connectivity index (χ4n) is 1.88. The van der Waals surface area contributed by atoms with Gasteiger partial charge in [-0.2, -0.15) is 5.10 Å². The third kappa shape index (κ3) is 2.22. The van der Waals surface area contributed by atoms with Gasteiger partial charge in [0.1, 0.15) is 5.69 Å². The average Bonchev–Trinajstić information content (AvgIpc) is 2.66. The molecule has 0 atom stereocenters. The molecule has 19 heavy (non-hydrogen) atoms. The number of nitrogens with zero attached hydrogens (tertiary/aromatic N) is 2. The summed E-state index contributed by atoms with van der Waals surface area (Å²) >= 11 is 0. The summed E-state index contributed by atoms with van der Waals surface area (Å²) in [5.74, 6) is 0.0201. The van der Waals surface area contributed by atoms with E-state index in [-0.39, 0.29) is 10.8 Å². The van der Waals surface area contributed by atoms with Crippen LogP contribution >= 0.6 is 0 Å². The summed E-state index contributed by atoms with van der Waals surface area (Å²) < 4.78 is 27.6. The molecule has 0 spiro atoms. The SMILES string of the molecule is CNS(=O)(=O)c1ccccc1-c1nn(C)c(O)c1C. The van der Waals surface area contributed by atoms with Gasteiger partial charge in [0.05, 0.1) is 4.90 Å². The van der Waals surface area contributed by atoms with E-state index in [9.17, 15) is 13.5 Å². The first kappa shape index (κ1) is 13.6. The van der Waals surface area contributed by atoms with Gasteiger partial charge in [0, 0.05) is 18.2 Å². The van der Waals surface area contributed by atoms with Gasteiger partial charge in [-0.25, -0.2) is 17.8 Å². The number of sulfonamides is 1. The van der Waals surface area contributed by atoms with Crippen molar-refractivity contribution in [3.8, 4) is 17.1 Å². The van der Waals surface area contributed by atoms with Crippen molar-refractivity contribution in [1.82, 2.24) is 14.5 Å². The molecule has 1 aromatic carbocycles. The van der Waals surface area contributed by atoms with Gasteiger partial charge in [-0.3, -0.25) is 0 Å². The van der Waals surface area contributed by atoms with Crippen LogP contribution in [0.15, 0.2) is 29.2 Å². The number of aromatic hydroxyl groups is 1. The molecule has 7 heteroatoms. The Morgan fingerprint density at radius 1 is 1.32 bits per heavy atom. The first-order chi connectivity index (χ1) is 8.88. The molecule has 0 radical (unpaired) electrons. The first-order valence-electron chi connectivity index (χ1n) is 5.64. The summed E-state index contributed by atoms with van der Waals surface area (Å²) in [6, 6.07) is 6.55. The molecule has 0 bridgehead atoms. The molecule has 0 aliphatic carbocycles. The van der Waals surface area contributed by atoms with Crippen LogP contribution in [0.2, 0.25) is 0 Å². The van der Waals surface area contributed by atoms with Gasteiger partial charge in [-0.05, 0) is 20.0 Å². The van der Waals surface area contributed by atoms with Crippen molar-refractivity contribution in [2.45, 2.75) is 11.8 Å². The van der Waals surface area contributed by atoms with Crippen molar-refractivity contribution >= 4 is 10.0 Å². The van der Waals surface area contributed by atoms with Crippen LogP contribution in [0, 0.1) is 6.92 Å². The molecule has 2 N–H and O–H groups in total. The smallest absolute Gasteiger partial charge is 0.240 e.